The van der Waals surface area contributed by atoms with E-state index in [4.69, 9.17) is 17.3 Å². The van der Waals surface area contributed by atoms with E-state index in [2.05, 4.69) is 17.1 Å². The van der Waals surface area contributed by atoms with E-state index in [1.807, 2.05) is 25.1 Å². The van der Waals surface area contributed by atoms with E-state index < -0.39 is 0 Å². The molecule has 3 N–H and O–H groups in total. The van der Waals surface area contributed by atoms with Crippen LogP contribution in [0.25, 0.3) is 0 Å². The fraction of sp³-hybridized carbons (Fsp3) is 0.562. The van der Waals surface area contributed by atoms with Crippen molar-refractivity contribution in [1.82, 2.24) is 4.90 Å². The van der Waals surface area contributed by atoms with Gasteiger partial charge in [-0.1, -0.05) is 17.7 Å². The first-order valence-corrected chi connectivity index (χ1v) is 7.88. The van der Waals surface area contributed by atoms with Gasteiger partial charge in [0.05, 0.1) is 6.54 Å². The number of halogens is 2. The number of likely N-dealkylation sites (tertiary alicyclic amines) is 1. The quantitative estimate of drug-likeness (QED) is 0.881. The summed E-state index contributed by atoms with van der Waals surface area (Å²) in [7, 11) is 0. The fourth-order valence-electron chi connectivity index (χ4n) is 2.77. The second-order valence-electron chi connectivity index (χ2n) is 5.93. The Labute approximate surface area is 143 Å². The molecular weight excluding hydrogens is 321 g/mol. The van der Waals surface area contributed by atoms with Crippen LogP contribution in [-0.2, 0) is 4.79 Å². The minimum Gasteiger partial charge on any atom is -0.328 e. The maximum absolute atomic E-state index is 12.1. The van der Waals surface area contributed by atoms with Crippen molar-refractivity contribution in [3.05, 3.63) is 28.8 Å². The Hall–Kier alpha value is -0.810. The summed E-state index contributed by atoms with van der Waals surface area (Å²) in [6, 6.07) is 5.79. The van der Waals surface area contributed by atoms with E-state index in [-0.39, 0.29) is 24.4 Å². The molecule has 0 aromatic heterocycles. The van der Waals surface area contributed by atoms with Gasteiger partial charge in [-0.25, -0.2) is 0 Å². The van der Waals surface area contributed by atoms with Gasteiger partial charge in [-0.05, 0) is 63.4 Å². The van der Waals surface area contributed by atoms with Crippen LogP contribution in [0.1, 0.15) is 25.3 Å². The van der Waals surface area contributed by atoms with Gasteiger partial charge in [0.2, 0.25) is 5.91 Å². The number of nitrogens with two attached hydrogens (primary N) is 1. The number of carbonyl (C=O) groups excluding carboxylic acids is 1. The molecule has 124 valence electrons. The van der Waals surface area contributed by atoms with Crippen molar-refractivity contribution < 1.29 is 4.79 Å². The van der Waals surface area contributed by atoms with Crippen molar-refractivity contribution in [2.75, 3.05) is 25.0 Å². The summed E-state index contributed by atoms with van der Waals surface area (Å²) in [5, 5.41) is 3.61. The third-order valence-electron chi connectivity index (χ3n) is 4.28. The SMILES string of the molecule is Cc1c(Cl)cccc1NC(=O)CN1CCC(C(C)N)CC1.Cl. The van der Waals surface area contributed by atoms with Crippen LogP contribution >= 0.6 is 24.0 Å². The molecule has 1 aromatic rings. The summed E-state index contributed by atoms with van der Waals surface area (Å²) in [4.78, 5) is 14.3. The lowest BCUT2D eigenvalue weighted by atomic mass is 9.91. The van der Waals surface area contributed by atoms with Gasteiger partial charge in [-0.3, -0.25) is 9.69 Å². The van der Waals surface area contributed by atoms with Gasteiger partial charge in [0.15, 0.2) is 0 Å². The summed E-state index contributed by atoms with van der Waals surface area (Å²) < 4.78 is 0. The molecule has 2 rings (SSSR count). The first-order valence-electron chi connectivity index (χ1n) is 7.50. The molecule has 1 aliphatic rings. The second-order valence-corrected chi connectivity index (χ2v) is 6.34. The minimum atomic E-state index is 0. The Morgan fingerprint density at radius 3 is 2.68 bits per heavy atom. The molecule has 1 amide bonds. The average molecular weight is 346 g/mol. The van der Waals surface area contributed by atoms with Gasteiger partial charge < -0.3 is 11.1 Å². The molecule has 0 radical (unpaired) electrons. The molecular formula is C16H25Cl2N3O. The van der Waals surface area contributed by atoms with Crippen LogP contribution in [-0.4, -0.2) is 36.5 Å². The Morgan fingerprint density at radius 2 is 2.09 bits per heavy atom. The van der Waals surface area contributed by atoms with Crippen molar-refractivity contribution in [1.29, 1.82) is 0 Å². The van der Waals surface area contributed by atoms with Crippen LogP contribution in [0.4, 0.5) is 5.69 Å². The maximum Gasteiger partial charge on any atom is 0.238 e. The van der Waals surface area contributed by atoms with Crippen molar-refractivity contribution in [3.8, 4) is 0 Å². The van der Waals surface area contributed by atoms with Crippen molar-refractivity contribution in [3.63, 3.8) is 0 Å². The number of hydrogen-bond acceptors (Lipinski definition) is 3. The van der Waals surface area contributed by atoms with Crippen LogP contribution in [0.5, 0.6) is 0 Å². The Balaban J connectivity index is 0.00000242. The molecule has 1 unspecified atom stereocenters. The molecule has 4 nitrogen and oxygen atoms in total. The van der Waals surface area contributed by atoms with Crippen molar-refractivity contribution in [2.24, 2.45) is 11.7 Å². The molecule has 1 fully saturated rings. The molecule has 6 heteroatoms. The zero-order valence-electron chi connectivity index (χ0n) is 13.1. The molecule has 0 saturated carbocycles. The third-order valence-corrected chi connectivity index (χ3v) is 4.69. The van der Waals surface area contributed by atoms with E-state index in [1.54, 1.807) is 0 Å². The Kier molecular flexibility index (Phi) is 7.63. The van der Waals surface area contributed by atoms with Crippen LogP contribution in [0.15, 0.2) is 18.2 Å². The molecule has 0 spiro atoms. The topological polar surface area (TPSA) is 58.4 Å². The molecule has 1 saturated heterocycles. The summed E-state index contributed by atoms with van der Waals surface area (Å²) in [6.07, 6.45) is 2.14. The van der Waals surface area contributed by atoms with Crippen LogP contribution < -0.4 is 11.1 Å². The van der Waals surface area contributed by atoms with Gasteiger partial charge in [-0.2, -0.15) is 0 Å². The van der Waals surface area contributed by atoms with Gasteiger partial charge >= 0.3 is 0 Å². The highest BCUT2D eigenvalue weighted by Gasteiger charge is 2.23. The number of hydrogen-bond donors (Lipinski definition) is 2. The number of rotatable bonds is 4. The lowest BCUT2D eigenvalue weighted by Crippen LogP contribution is -2.42. The van der Waals surface area contributed by atoms with Crippen LogP contribution in [0.3, 0.4) is 0 Å². The number of nitrogens with zero attached hydrogens (tertiary/aromatic N) is 1. The highest BCUT2D eigenvalue weighted by molar-refractivity contribution is 6.31. The first-order chi connectivity index (χ1) is 9.97. The summed E-state index contributed by atoms with van der Waals surface area (Å²) in [5.74, 6) is 0.596. The van der Waals surface area contributed by atoms with Crippen LogP contribution in [0.2, 0.25) is 5.02 Å². The second kappa shape index (κ2) is 8.73. The predicted octanol–water partition coefficient (Wildman–Crippen LogP) is 3.07. The molecule has 1 heterocycles. The van der Waals surface area contributed by atoms with Gasteiger partial charge in [0, 0.05) is 16.8 Å². The largest absolute Gasteiger partial charge is 0.328 e. The van der Waals surface area contributed by atoms with E-state index >= 15 is 0 Å². The van der Waals surface area contributed by atoms with Gasteiger partial charge in [0.1, 0.15) is 0 Å². The number of nitrogens with one attached hydrogen (secondary N) is 1. The minimum absolute atomic E-state index is 0. The maximum atomic E-state index is 12.1. The number of amides is 1. The van der Waals surface area contributed by atoms with E-state index in [0.29, 0.717) is 17.5 Å². The Bertz CT molecular complexity index is 500. The van der Waals surface area contributed by atoms with Gasteiger partial charge in [0.25, 0.3) is 0 Å². The molecule has 1 atom stereocenters. The van der Waals surface area contributed by atoms with Crippen molar-refractivity contribution >= 4 is 35.6 Å². The fourth-order valence-corrected chi connectivity index (χ4v) is 2.95. The number of carbonyl (C=O) groups is 1. The lowest BCUT2D eigenvalue weighted by molar-refractivity contribution is -0.117. The zero-order chi connectivity index (χ0) is 15.4. The van der Waals surface area contributed by atoms with Crippen LogP contribution in [0, 0.1) is 12.8 Å². The monoisotopic (exact) mass is 345 g/mol. The number of piperidine rings is 1. The molecule has 0 bridgehead atoms. The predicted molar refractivity (Wildman–Crippen MR) is 94.9 cm³/mol. The Morgan fingerprint density at radius 1 is 1.45 bits per heavy atom. The lowest BCUT2D eigenvalue weighted by Gasteiger charge is -2.33. The molecule has 0 aliphatic carbocycles. The molecule has 1 aromatic carbocycles. The van der Waals surface area contributed by atoms with E-state index in [9.17, 15) is 4.79 Å². The number of benzene rings is 1. The van der Waals surface area contributed by atoms with E-state index in [0.717, 1.165) is 37.2 Å². The number of anilines is 1. The normalized spacial score (nSPS) is 17.6. The summed E-state index contributed by atoms with van der Waals surface area (Å²) in [5.41, 5.74) is 7.63. The summed E-state index contributed by atoms with van der Waals surface area (Å²) >= 11 is 6.06. The smallest absolute Gasteiger partial charge is 0.238 e. The van der Waals surface area contributed by atoms with Gasteiger partial charge in [-0.15, -0.1) is 12.4 Å². The first kappa shape index (κ1) is 19.2. The zero-order valence-corrected chi connectivity index (χ0v) is 14.7. The molecule has 1 aliphatic heterocycles. The highest BCUT2D eigenvalue weighted by atomic mass is 35.5. The standard InChI is InChI=1S/C16H24ClN3O.ClH/c1-11-14(17)4-3-5-15(11)19-16(21)10-20-8-6-13(7-9-20)12(2)18;/h3-5,12-13H,6-10,18H2,1-2H3,(H,19,21);1H. The summed E-state index contributed by atoms with van der Waals surface area (Å²) in [6.45, 7) is 6.28. The van der Waals surface area contributed by atoms with E-state index in [1.165, 1.54) is 0 Å². The highest BCUT2D eigenvalue weighted by Crippen LogP contribution is 2.23. The molecule has 22 heavy (non-hydrogen) atoms. The average Bonchev–Trinajstić information content (AvgIpc) is 2.44. The van der Waals surface area contributed by atoms with Crippen molar-refractivity contribution in [2.45, 2.75) is 32.7 Å². The third kappa shape index (κ3) is 5.13.